The Morgan fingerprint density at radius 1 is 0.969 bits per heavy atom. The van der Waals surface area contributed by atoms with Gasteiger partial charge in [-0.3, -0.25) is 19.0 Å². The summed E-state index contributed by atoms with van der Waals surface area (Å²) in [6, 6.07) is 21.5. The molecule has 1 heterocycles. The fraction of sp³-hybridized carbons (Fsp3) is 0.120. The number of ketones is 1. The first-order valence-corrected chi connectivity index (χ1v) is 11.0. The summed E-state index contributed by atoms with van der Waals surface area (Å²) in [6.07, 6.45) is 0. The normalized spacial score (nSPS) is 10.8. The van der Waals surface area contributed by atoms with E-state index in [1.54, 1.807) is 41.0 Å². The van der Waals surface area contributed by atoms with E-state index in [9.17, 15) is 14.4 Å². The van der Waals surface area contributed by atoms with Gasteiger partial charge in [-0.05, 0) is 62.4 Å². The van der Waals surface area contributed by atoms with Crippen LogP contribution in [0, 0.1) is 6.92 Å². The second-order valence-corrected chi connectivity index (χ2v) is 8.30. The Morgan fingerprint density at radius 3 is 2.34 bits per heavy atom. The number of nitrogens with one attached hydrogen (secondary N) is 1. The Morgan fingerprint density at radius 2 is 1.66 bits per heavy atom. The van der Waals surface area contributed by atoms with E-state index in [-0.39, 0.29) is 23.0 Å². The Bertz CT molecular complexity index is 1360. The summed E-state index contributed by atoms with van der Waals surface area (Å²) in [7, 11) is 0. The number of fused-ring (bicyclic) bond motifs is 1. The predicted octanol–water partition coefficient (Wildman–Crippen LogP) is 4.63. The van der Waals surface area contributed by atoms with Gasteiger partial charge in [0.1, 0.15) is 0 Å². The minimum absolute atomic E-state index is 0.0325. The molecule has 0 saturated heterocycles. The zero-order valence-electron chi connectivity index (χ0n) is 17.7. The van der Waals surface area contributed by atoms with Gasteiger partial charge in [0.25, 0.3) is 5.56 Å². The Hall–Kier alpha value is -3.71. The number of carbonyl (C=O) groups is 2. The number of hydrogen-bond donors (Lipinski definition) is 1. The molecular formula is C25H21N3O3S. The SMILES string of the molecule is CC(=O)c1ccc(NC(=O)CSc2nc3ccccc3c(=O)n2-c2ccc(C)cc2)cc1. The number of benzene rings is 3. The minimum atomic E-state index is -0.233. The smallest absolute Gasteiger partial charge is 0.266 e. The molecule has 3 aromatic carbocycles. The zero-order valence-corrected chi connectivity index (χ0v) is 18.5. The van der Waals surface area contributed by atoms with Crippen molar-refractivity contribution in [2.75, 3.05) is 11.1 Å². The summed E-state index contributed by atoms with van der Waals surface area (Å²) < 4.78 is 1.54. The van der Waals surface area contributed by atoms with Crippen LogP contribution in [0.1, 0.15) is 22.8 Å². The Labute approximate surface area is 189 Å². The zero-order chi connectivity index (χ0) is 22.7. The van der Waals surface area contributed by atoms with Crippen molar-refractivity contribution in [2.24, 2.45) is 0 Å². The maximum atomic E-state index is 13.2. The Kier molecular flexibility index (Phi) is 6.18. The summed E-state index contributed by atoms with van der Waals surface area (Å²) in [5.41, 5.74) is 3.37. The molecule has 0 bridgehead atoms. The van der Waals surface area contributed by atoms with Crippen molar-refractivity contribution in [2.45, 2.75) is 19.0 Å². The van der Waals surface area contributed by atoms with Crippen molar-refractivity contribution in [3.8, 4) is 5.69 Å². The van der Waals surface area contributed by atoms with Gasteiger partial charge in [-0.1, -0.05) is 41.6 Å². The number of Topliss-reactive ketones (excluding diaryl/α,β-unsaturated/α-hetero) is 1. The van der Waals surface area contributed by atoms with Gasteiger partial charge in [0, 0.05) is 11.3 Å². The summed E-state index contributed by atoms with van der Waals surface area (Å²) in [5.74, 6) is -0.191. The molecule has 0 fully saturated rings. The lowest BCUT2D eigenvalue weighted by atomic mass is 10.1. The van der Waals surface area contributed by atoms with Gasteiger partial charge >= 0.3 is 0 Å². The molecule has 1 amide bonds. The monoisotopic (exact) mass is 443 g/mol. The van der Waals surface area contributed by atoms with Crippen LogP contribution >= 0.6 is 11.8 Å². The average Bonchev–Trinajstić information content (AvgIpc) is 2.79. The largest absolute Gasteiger partial charge is 0.325 e. The van der Waals surface area contributed by atoms with Crippen LogP contribution in [0.15, 0.2) is 82.7 Å². The number of rotatable bonds is 6. The molecule has 32 heavy (non-hydrogen) atoms. The lowest BCUT2D eigenvalue weighted by Gasteiger charge is -2.13. The summed E-state index contributed by atoms with van der Waals surface area (Å²) in [4.78, 5) is 41.8. The van der Waals surface area contributed by atoms with Crippen molar-refractivity contribution in [1.82, 2.24) is 9.55 Å². The van der Waals surface area contributed by atoms with Gasteiger partial charge < -0.3 is 5.32 Å². The van der Waals surface area contributed by atoms with Gasteiger partial charge in [0.05, 0.1) is 22.3 Å². The van der Waals surface area contributed by atoms with Gasteiger partial charge in [0.15, 0.2) is 10.9 Å². The topological polar surface area (TPSA) is 81.1 Å². The van der Waals surface area contributed by atoms with Crippen LogP contribution in [0.2, 0.25) is 0 Å². The third kappa shape index (κ3) is 4.63. The average molecular weight is 444 g/mol. The van der Waals surface area contributed by atoms with E-state index >= 15 is 0 Å². The molecule has 0 spiro atoms. The first-order valence-electron chi connectivity index (χ1n) is 10.0. The summed E-state index contributed by atoms with van der Waals surface area (Å²) in [5, 5.41) is 3.78. The lowest BCUT2D eigenvalue weighted by molar-refractivity contribution is -0.113. The minimum Gasteiger partial charge on any atom is -0.325 e. The van der Waals surface area contributed by atoms with Crippen molar-refractivity contribution in [3.63, 3.8) is 0 Å². The molecule has 0 atom stereocenters. The Balaban J connectivity index is 1.61. The molecule has 0 radical (unpaired) electrons. The third-order valence-electron chi connectivity index (χ3n) is 4.94. The highest BCUT2D eigenvalue weighted by atomic mass is 32.2. The maximum absolute atomic E-state index is 13.2. The molecule has 0 unspecified atom stereocenters. The lowest BCUT2D eigenvalue weighted by Crippen LogP contribution is -2.23. The molecule has 0 saturated carbocycles. The first-order chi connectivity index (χ1) is 15.4. The van der Waals surface area contributed by atoms with Crippen molar-refractivity contribution >= 4 is 40.0 Å². The number of hydrogen-bond acceptors (Lipinski definition) is 5. The fourth-order valence-electron chi connectivity index (χ4n) is 3.25. The van der Waals surface area contributed by atoms with Crippen LogP contribution in [0.5, 0.6) is 0 Å². The summed E-state index contributed by atoms with van der Waals surface area (Å²) in [6.45, 7) is 3.47. The molecule has 1 N–H and O–H groups in total. The number of nitrogens with zero attached hydrogens (tertiary/aromatic N) is 2. The molecule has 0 aliphatic rings. The molecular weight excluding hydrogens is 422 g/mol. The highest BCUT2D eigenvalue weighted by Crippen LogP contribution is 2.22. The van der Waals surface area contributed by atoms with Crippen LogP contribution in [0.25, 0.3) is 16.6 Å². The van der Waals surface area contributed by atoms with Crippen molar-refractivity contribution in [1.29, 1.82) is 0 Å². The van der Waals surface area contributed by atoms with E-state index in [1.807, 2.05) is 43.3 Å². The fourth-order valence-corrected chi connectivity index (χ4v) is 4.06. The van der Waals surface area contributed by atoms with E-state index in [0.717, 1.165) is 5.56 Å². The van der Waals surface area contributed by atoms with Crippen LogP contribution in [0.4, 0.5) is 5.69 Å². The number of para-hydroxylation sites is 1. The second-order valence-electron chi connectivity index (χ2n) is 7.36. The van der Waals surface area contributed by atoms with Crippen molar-refractivity contribution < 1.29 is 9.59 Å². The molecule has 7 heteroatoms. The van der Waals surface area contributed by atoms with E-state index in [1.165, 1.54) is 18.7 Å². The molecule has 1 aromatic heterocycles. The molecule has 6 nitrogen and oxygen atoms in total. The highest BCUT2D eigenvalue weighted by molar-refractivity contribution is 7.99. The molecule has 0 aliphatic heterocycles. The maximum Gasteiger partial charge on any atom is 0.266 e. The number of aryl methyl sites for hydroxylation is 1. The van der Waals surface area contributed by atoms with Gasteiger partial charge in [-0.25, -0.2) is 4.98 Å². The van der Waals surface area contributed by atoms with E-state index < -0.39 is 0 Å². The van der Waals surface area contributed by atoms with E-state index in [4.69, 9.17) is 0 Å². The van der Waals surface area contributed by atoms with Gasteiger partial charge in [-0.15, -0.1) is 0 Å². The number of anilines is 1. The predicted molar refractivity (Wildman–Crippen MR) is 128 cm³/mol. The second kappa shape index (κ2) is 9.20. The van der Waals surface area contributed by atoms with Crippen LogP contribution in [-0.4, -0.2) is 27.0 Å². The third-order valence-corrected chi connectivity index (χ3v) is 5.88. The van der Waals surface area contributed by atoms with Crippen molar-refractivity contribution in [3.05, 3.63) is 94.3 Å². The molecule has 0 aliphatic carbocycles. The molecule has 160 valence electrons. The van der Waals surface area contributed by atoms with Gasteiger partial charge in [0.2, 0.25) is 5.91 Å². The van der Waals surface area contributed by atoms with Gasteiger partial charge in [-0.2, -0.15) is 0 Å². The number of thioether (sulfide) groups is 1. The number of amides is 1. The molecule has 4 rings (SSSR count). The first kappa shape index (κ1) is 21.5. The van der Waals surface area contributed by atoms with E-state index in [2.05, 4.69) is 10.3 Å². The molecule has 4 aromatic rings. The number of carbonyl (C=O) groups excluding carboxylic acids is 2. The van der Waals surface area contributed by atoms with E-state index in [0.29, 0.717) is 33.0 Å². The van der Waals surface area contributed by atoms with Crippen LogP contribution in [-0.2, 0) is 4.79 Å². The van der Waals surface area contributed by atoms with Crippen LogP contribution in [0.3, 0.4) is 0 Å². The summed E-state index contributed by atoms with van der Waals surface area (Å²) >= 11 is 1.20. The highest BCUT2D eigenvalue weighted by Gasteiger charge is 2.15. The quantitative estimate of drug-likeness (QED) is 0.267. The number of aromatic nitrogens is 2. The standard InChI is InChI=1S/C25H21N3O3S/c1-16-7-13-20(14-8-16)28-24(31)21-5-3-4-6-22(21)27-25(28)32-15-23(30)26-19-11-9-18(10-12-19)17(2)29/h3-14H,15H2,1-2H3,(H,26,30). The van der Waals surface area contributed by atoms with Crippen LogP contribution < -0.4 is 10.9 Å².